The summed E-state index contributed by atoms with van der Waals surface area (Å²) in [5.74, 6) is -1.57. The predicted octanol–water partition coefficient (Wildman–Crippen LogP) is -1.47. The number of hydrogen-bond donors (Lipinski definition) is 10. The number of carbonyl (C=O) groups excluding carboxylic acids is 3. The van der Waals surface area contributed by atoms with Crippen LogP contribution >= 0.6 is 0 Å². The van der Waals surface area contributed by atoms with Crippen molar-refractivity contribution >= 4 is 48.7 Å². The number of ether oxygens (including phenoxy) is 10. The van der Waals surface area contributed by atoms with Gasteiger partial charge in [0, 0.05) is 31.8 Å². The molecule has 10 N–H and O–H groups in total. The fourth-order valence-corrected chi connectivity index (χ4v) is 17.5. The lowest BCUT2D eigenvalue weighted by atomic mass is 9.41. The molecule has 8 fully saturated rings. The average Bonchev–Trinajstić information content (AvgIpc) is 1.54. The Kier molecular flexibility index (Phi) is 20.4. The zero-order valence-electron chi connectivity index (χ0n) is 50.4. The van der Waals surface area contributed by atoms with Gasteiger partial charge in [-0.25, -0.2) is 12.5 Å². The lowest BCUT2D eigenvalue weighted by Gasteiger charge is -2.63. The average molecular weight is 1340 g/mol. The molecule has 510 valence electrons. The number of esters is 1. The van der Waals surface area contributed by atoms with E-state index in [4.69, 9.17) is 56.1 Å². The van der Waals surface area contributed by atoms with Crippen LogP contribution in [0.4, 0.5) is 0 Å². The van der Waals surface area contributed by atoms with Gasteiger partial charge in [-0.2, -0.15) is 25.3 Å². The summed E-state index contributed by atoms with van der Waals surface area (Å²) in [6.07, 6.45) is -32.8. The van der Waals surface area contributed by atoms with E-state index in [0.29, 0.717) is 32.1 Å². The van der Waals surface area contributed by atoms with Gasteiger partial charge in [-0.3, -0.25) is 28.0 Å². The molecule has 27 atom stereocenters. The lowest BCUT2D eigenvalue weighted by Crippen LogP contribution is -2.67. The van der Waals surface area contributed by atoms with E-state index in [1.54, 1.807) is 6.92 Å². The number of hydrogen-bond acceptors (Lipinski definition) is 29. The number of Topliss-reactive ketones (excluding diaryl/α,β-unsaturated/α-hetero) is 2. The maximum absolute atomic E-state index is 14.4. The molecule has 0 aromatic heterocycles. The zero-order valence-corrected chi connectivity index (χ0v) is 52.8. The number of cyclic esters (lactones) is 1. The molecule has 5 saturated heterocycles. The summed E-state index contributed by atoms with van der Waals surface area (Å²) < 4.78 is 171. The van der Waals surface area contributed by atoms with E-state index in [1.807, 2.05) is 34.6 Å². The van der Waals surface area contributed by atoms with Crippen molar-refractivity contribution in [1.29, 1.82) is 0 Å². The van der Waals surface area contributed by atoms with Crippen molar-refractivity contribution in [1.82, 2.24) is 0 Å². The van der Waals surface area contributed by atoms with Crippen LogP contribution in [-0.4, -0.2) is 248 Å². The van der Waals surface area contributed by atoms with Crippen LogP contribution < -0.4 is 0 Å². The monoisotopic (exact) mass is 1340 g/mol. The number of allylic oxidation sites excluding steroid dienone is 2. The predicted molar refractivity (Wildman–Crippen MR) is 292 cm³/mol. The van der Waals surface area contributed by atoms with Crippen molar-refractivity contribution in [2.75, 3.05) is 26.9 Å². The van der Waals surface area contributed by atoms with Crippen molar-refractivity contribution in [2.45, 2.75) is 235 Å². The van der Waals surface area contributed by atoms with Gasteiger partial charge < -0.3 is 83.1 Å². The smallest absolute Gasteiger partial charge is 0.397 e. The van der Waals surface area contributed by atoms with Crippen molar-refractivity contribution in [3.63, 3.8) is 0 Å². The normalized spacial score (nSPS) is 46.7. The summed E-state index contributed by atoms with van der Waals surface area (Å²) in [6.45, 7) is 12.0. The highest BCUT2D eigenvalue weighted by molar-refractivity contribution is 7.81. The van der Waals surface area contributed by atoms with Gasteiger partial charge >= 0.3 is 37.2 Å². The zero-order chi connectivity index (χ0) is 65.8. The molecule has 0 bridgehead atoms. The highest BCUT2D eigenvalue weighted by Gasteiger charge is 2.79. The van der Waals surface area contributed by atoms with E-state index >= 15 is 0 Å². The van der Waals surface area contributed by atoms with Crippen LogP contribution in [-0.2, 0) is 105 Å². The number of aliphatic hydroxyl groups excluding tert-OH is 7. The first-order valence-corrected chi connectivity index (χ1v) is 33.6. The Labute approximate surface area is 514 Å². The maximum Gasteiger partial charge on any atom is 0.397 e. The van der Waals surface area contributed by atoms with Crippen LogP contribution in [0.25, 0.3) is 0 Å². The molecule has 1 spiro atoms. The van der Waals surface area contributed by atoms with E-state index in [-0.39, 0.29) is 48.6 Å². The first-order valence-electron chi connectivity index (χ1n) is 29.5. The fourth-order valence-electron chi connectivity index (χ4n) is 16.5. The fraction of sp³-hybridized carbons (Fsp3) is 0.907. The van der Waals surface area contributed by atoms with Gasteiger partial charge in [-0.05, 0) is 74.5 Å². The molecule has 0 radical (unpaired) electrons. The number of carbonyl (C=O) groups is 3. The second-order valence-electron chi connectivity index (χ2n) is 26.8. The van der Waals surface area contributed by atoms with E-state index in [1.165, 1.54) is 6.92 Å². The molecular formula is C54H84O32S3. The van der Waals surface area contributed by atoms with Gasteiger partial charge in [0.15, 0.2) is 25.2 Å². The van der Waals surface area contributed by atoms with Crippen molar-refractivity contribution < 1.29 is 149 Å². The van der Waals surface area contributed by atoms with Gasteiger partial charge in [0.05, 0.1) is 43.4 Å². The van der Waals surface area contributed by atoms with Crippen LogP contribution in [0.2, 0.25) is 0 Å². The minimum absolute atomic E-state index is 0.0561. The molecule has 3 saturated carbocycles. The first kappa shape index (κ1) is 70.8. The molecular weight excluding hydrogens is 1260 g/mol. The van der Waals surface area contributed by atoms with Crippen molar-refractivity contribution in [3.05, 3.63) is 11.6 Å². The lowest BCUT2D eigenvalue weighted by molar-refractivity contribution is -0.389. The Morgan fingerprint density at radius 3 is 1.81 bits per heavy atom. The standard InChI is InChI=1S/C54H84O32S3/c1-22(2)16-24(55)17-53(8)44-27(56)18-52(7)26-10-11-31-50(4,5)32(13-14-51(31,6)25(26)12-15-54(44,52)49(64)85-53)81-48-43(35(59)30(19-75-48)86-89(71,72)73)84-45-37(61)36(60)40(23(3)78-45)82-47-39(63)42(34(58)29(80-47)21-77-88(68,69)70)83-46-38(62)41(74-9)33(57)28(79-46)20-76-87(65,66)67/h10,22-23,25,28-48,57-63H,11-21H2,1-9H3,(H,65,66,67)(H,68,69,70)(H,71,72,73)/t23-,25+,28-,29-,30-,31+,32+,33-,34-,35+,36-,37-,38-,39-,40-,41+,42+,43-,44-,45+,46+,47+,48+,51-,52+,53+,54-/m1/s1. The summed E-state index contributed by atoms with van der Waals surface area (Å²) in [5, 5.41) is 80.2. The van der Waals surface area contributed by atoms with Gasteiger partial charge in [0.1, 0.15) is 103 Å². The summed E-state index contributed by atoms with van der Waals surface area (Å²) >= 11 is 0. The Bertz CT molecular complexity index is 3000. The van der Waals surface area contributed by atoms with Gasteiger partial charge in [-0.1, -0.05) is 53.2 Å². The quantitative estimate of drug-likeness (QED) is 0.0356. The number of fused-ring (bicyclic) bond motifs is 4. The number of rotatable bonds is 21. The number of methoxy groups -OCH3 is 1. The first-order chi connectivity index (χ1) is 41.1. The van der Waals surface area contributed by atoms with E-state index < -0.39 is 213 Å². The van der Waals surface area contributed by atoms with Gasteiger partial charge in [-0.15, -0.1) is 0 Å². The molecule has 35 heteroatoms. The molecule has 0 amide bonds. The topological polar surface area (TPSA) is 476 Å². The Morgan fingerprint density at radius 1 is 0.674 bits per heavy atom. The van der Waals surface area contributed by atoms with Crippen molar-refractivity contribution in [2.24, 2.45) is 45.3 Å². The van der Waals surface area contributed by atoms with Crippen LogP contribution in [0.15, 0.2) is 11.6 Å². The molecule has 0 aromatic carbocycles. The minimum atomic E-state index is -5.26. The van der Waals surface area contributed by atoms with Crippen molar-refractivity contribution in [3.8, 4) is 0 Å². The van der Waals surface area contributed by atoms with Gasteiger partial charge in [0.25, 0.3) is 0 Å². The molecule has 0 aromatic rings. The Morgan fingerprint density at radius 2 is 1.24 bits per heavy atom. The summed E-state index contributed by atoms with van der Waals surface area (Å²) in [6, 6.07) is 0. The van der Waals surface area contributed by atoms with E-state index in [9.17, 15) is 84.5 Å². The largest absolute Gasteiger partial charge is 0.458 e. The van der Waals surface area contributed by atoms with E-state index in [2.05, 4.69) is 21.4 Å². The highest BCUT2D eigenvalue weighted by Crippen LogP contribution is 2.75. The molecule has 4 aliphatic carbocycles. The third-order valence-corrected chi connectivity index (χ3v) is 21.8. The van der Waals surface area contributed by atoms with Crippen LogP contribution in [0.1, 0.15) is 107 Å². The summed E-state index contributed by atoms with van der Waals surface area (Å²) in [4.78, 5) is 42.0. The van der Waals surface area contributed by atoms with Crippen LogP contribution in [0.5, 0.6) is 0 Å². The SMILES string of the molecule is CO[C@@H]1[C@@H](O)[C@H](O[C@@H]2[C@@H](O)[C@H](O[C@H]3[C@H](O)[C@@H](O)[C@H](O[C@H]4[C@H](O[C@H]5CC[C@]6(C)[C@H]7CC[C@]89C(=O)O[C@@](C)(CC(=O)CC(C)C)[C@H]8C(=O)C[C@@]9(C)C7=CC[C@H]6C5(C)C)OC[C@@H](OS(=O)(=O)O)[C@@H]4O)O[C@@H]3C)O[C@H](COS(=O)(=O)O)[C@H]2O)O[C@H](COS(=O)(=O)O)[C@H]1O. The molecule has 9 rings (SSSR count). The third-order valence-electron chi connectivity index (χ3n) is 20.4. The highest BCUT2D eigenvalue weighted by atomic mass is 32.3. The van der Waals surface area contributed by atoms with Crippen LogP contribution in [0, 0.1) is 45.3 Å². The molecule has 32 nitrogen and oxygen atoms in total. The van der Waals surface area contributed by atoms with E-state index in [0.717, 1.165) is 12.7 Å². The molecule has 5 aliphatic heterocycles. The summed E-state index contributed by atoms with van der Waals surface area (Å²) in [7, 11) is -14.6. The second-order valence-corrected chi connectivity index (χ2v) is 30.1. The van der Waals surface area contributed by atoms with Crippen LogP contribution in [0.3, 0.4) is 0 Å². The molecule has 5 heterocycles. The maximum atomic E-state index is 14.4. The third kappa shape index (κ3) is 13.5. The molecule has 0 unspecified atom stereocenters. The Hall–Kier alpha value is -2.48. The molecule has 9 aliphatic rings. The molecule has 89 heavy (non-hydrogen) atoms. The number of aliphatic hydroxyl groups is 7. The second kappa shape index (κ2) is 25.6. The minimum Gasteiger partial charge on any atom is -0.458 e. The summed E-state index contributed by atoms with van der Waals surface area (Å²) in [5.41, 5.74) is -3.48. The number of ketones is 2. The van der Waals surface area contributed by atoms with Gasteiger partial charge in [0.2, 0.25) is 0 Å². The Balaban J connectivity index is 0.918.